The van der Waals surface area contributed by atoms with Gasteiger partial charge in [0, 0.05) is 6.07 Å². The Hall–Kier alpha value is -1.65. The van der Waals surface area contributed by atoms with Crippen LogP contribution in [0.15, 0.2) is 12.1 Å². The predicted octanol–water partition coefficient (Wildman–Crippen LogP) is 2.45. The maximum atomic E-state index is 13.2. The Morgan fingerprint density at radius 3 is 2.40 bits per heavy atom. The molecule has 0 aliphatic heterocycles. The summed E-state index contributed by atoms with van der Waals surface area (Å²) in [5.41, 5.74) is -0.705. The molecule has 0 saturated carbocycles. The van der Waals surface area contributed by atoms with Crippen LogP contribution in [0.1, 0.15) is 24.2 Å². The minimum absolute atomic E-state index is 0.285. The molecule has 5 heteroatoms. The fourth-order valence-corrected chi connectivity index (χ4v) is 1.04. The molecule has 1 aromatic rings. The first kappa shape index (κ1) is 11.4. The van der Waals surface area contributed by atoms with Gasteiger partial charge in [-0.05, 0) is 19.9 Å². The molecule has 0 unspecified atom stereocenters. The average Bonchev–Trinajstić information content (AvgIpc) is 2.09. The van der Waals surface area contributed by atoms with E-state index in [0.717, 1.165) is 6.07 Å². The van der Waals surface area contributed by atoms with Crippen molar-refractivity contribution in [2.45, 2.75) is 20.0 Å². The van der Waals surface area contributed by atoms with Crippen molar-refractivity contribution >= 4 is 5.97 Å². The van der Waals surface area contributed by atoms with Crippen molar-refractivity contribution in [1.29, 1.82) is 0 Å². The number of carboxylic acid groups (broad SMARTS) is 1. The molecule has 0 atom stereocenters. The lowest BCUT2D eigenvalue weighted by atomic mass is 10.2. The normalized spacial score (nSPS) is 10.5. The Kier molecular flexibility index (Phi) is 3.24. The van der Waals surface area contributed by atoms with Gasteiger partial charge in [0.1, 0.15) is 5.82 Å². The summed E-state index contributed by atoms with van der Waals surface area (Å²) in [4.78, 5) is 10.5. The Bertz CT molecular complexity index is 388. The summed E-state index contributed by atoms with van der Waals surface area (Å²) in [6.07, 6.45) is -0.311. The Labute approximate surface area is 85.3 Å². The van der Waals surface area contributed by atoms with E-state index in [-0.39, 0.29) is 11.9 Å². The first-order valence-electron chi connectivity index (χ1n) is 4.30. The number of carbonyl (C=O) groups is 1. The second-order valence-corrected chi connectivity index (χ2v) is 3.23. The number of hydrogen-bond donors (Lipinski definition) is 1. The number of rotatable bonds is 3. The molecule has 0 fully saturated rings. The smallest absolute Gasteiger partial charge is 0.338 e. The van der Waals surface area contributed by atoms with Gasteiger partial charge in [-0.2, -0.15) is 0 Å². The summed E-state index contributed by atoms with van der Waals surface area (Å²) < 4.78 is 31.3. The zero-order chi connectivity index (χ0) is 11.6. The summed E-state index contributed by atoms with van der Waals surface area (Å²) >= 11 is 0. The van der Waals surface area contributed by atoms with Gasteiger partial charge in [-0.3, -0.25) is 0 Å². The first-order valence-corrected chi connectivity index (χ1v) is 4.30. The van der Waals surface area contributed by atoms with Crippen LogP contribution >= 0.6 is 0 Å². The van der Waals surface area contributed by atoms with Gasteiger partial charge in [0.05, 0.1) is 11.7 Å². The molecule has 0 aromatic heterocycles. The van der Waals surface area contributed by atoms with Gasteiger partial charge in [-0.1, -0.05) is 0 Å². The van der Waals surface area contributed by atoms with Crippen LogP contribution in [0.25, 0.3) is 0 Å². The molecule has 15 heavy (non-hydrogen) atoms. The Balaban J connectivity index is 3.13. The van der Waals surface area contributed by atoms with E-state index in [2.05, 4.69) is 0 Å². The van der Waals surface area contributed by atoms with Crippen molar-refractivity contribution in [1.82, 2.24) is 0 Å². The second kappa shape index (κ2) is 4.25. The molecule has 0 bridgehead atoms. The van der Waals surface area contributed by atoms with Gasteiger partial charge in [-0.15, -0.1) is 0 Å². The van der Waals surface area contributed by atoms with Crippen molar-refractivity contribution in [2.24, 2.45) is 0 Å². The molecule has 0 amide bonds. The summed E-state index contributed by atoms with van der Waals surface area (Å²) in [6.45, 7) is 3.31. The largest absolute Gasteiger partial charge is 0.488 e. The third-order valence-electron chi connectivity index (χ3n) is 1.61. The van der Waals surface area contributed by atoms with E-state index in [1.807, 2.05) is 0 Å². The standard InChI is InChI=1S/C10H10F2O3/c1-5(2)15-9-4-7(11)6(10(13)14)3-8(9)12/h3-5H,1-2H3,(H,13,14). The minimum atomic E-state index is -1.51. The minimum Gasteiger partial charge on any atom is -0.488 e. The van der Waals surface area contributed by atoms with Crippen LogP contribution in [0.3, 0.4) is 0 Å². The van der Waals surface area contributed by atoms with Crippen LogP contribution in [0.5, 0.6) is 5.75 Å². The summed E-state index contributed by atoms with van der Waals surface area (Å²) in [6, 6.07) is 1.34. The van der Waals surface area contributed by atoms with E-state index in [1.165, 1.54) is 0 Å². The van der Waals surface area contributed by atoms with E-state index in [0.29, 0.717) is 6.07 Å². The lowest BCUT2D eigenvalue weighted by molar-refractivity contribution is 0.0691. The molecule has 3 nitrogen and oxygen atoms in total. The van der Waals surface area contributed by atoms with Crippen LogP contribution in [-0.2, 0) is 0 Å². The van der Waals surface area contributed by atoms with Crippen molar-refractivity contribution in [3.05, 3.63) is 29.3 Å². The van der Waals surface area contributed by atoms with E-state index in [1.54, 1.807) is 13.8 Å². The zero-order valence-electron chi connectivity index (χ0n) is 8.25. The van der Waals surface area contributed by atoms with E-state index in [9.17, 15) is 13.6 Å². The highest BCUT2D eigenvalue weighted by Crippen LogP contribution is 2.22. The molecular weight excluding hydrogens is 206 g/mol. The SMILES string of the molecule is CC(C)Oc1cc(F)c(C(=O)O)cc1F. The highest BCUT2D eigenvalue weighted by atomic mass is 19.1. The van der Waals surface area contributed by atoms with Crippen LogP contribution in [0.2, 0.25) is 0 Å². The molecular formula is C10H10F2O3. The molecule has 1 rings (SSSR count). The molecule has 0 aliphatic rings. The monoisotopic (exact) mass is 216 g/mol. The third-order valence-corrected chi connectivity index (χ3v) is 1.61. The molecule has 1 aromatic carbocycles. The molecule has 0 radical (unpaired) electrons. The van der Waals surface area contributed by atoms with Gasteiger partial charge >= 0.3 is 5.97 Å². The second-order valence-electron chi connectivity index (χ2n) is 3.23. The Morgan fingerprint density at radius 1 is 1.33 bits per heavy atom. The van der Waals surface area contributed by atoms with Crippen molar-refractivity contribution < 1.29 is 23.4 Å². The number of hydrogen-bond acceptors (Lipinski definition) is 2. The number of ether oxygens (including phenoxy) is 1. The maximum Gasteiger partial charge on any atom is 0.338 e. The van der Waals surface area contributed by atoms with Crippen LogP contribution < -0.4 is 4.74 Å². The third kappa shape index (κ3) is 2.65. The zero-order valence-corrected chi connectivity index (χ0v) is 8.25. The molecule has 0 saturated heterocycles. The Morgan fingerprint density at radius 2 is 1.93 bits per heavy atom. The lowest BCUT2D eigenvalue weighted by Crippen LogP contribution is -2.09. The quantitative estimate of drug-likeness (QED) is 0.844. The predicted molar refractivity (Wildman–Crippen MR) is 49.1 cm³/mol. The summed E-state index contributed by atoms with van der Waals surface area (Å²) in [7, 11) is 0. The van der Waals surface area contributed by atoms with E-state index < -0.39 is 23.2 Å². The molecule has 0 spiro atoms. The van der Waals surface area contributed by atoms with Crippen molar-refractivity contribution in [3.63, 3.8) is 0 Å². The summed E-state index contributed by atoms with van der Waals surface area (Å²) in [5.74, 6) is -3.70. The fourth-order valence-electron chi connectivity index (χ4n) is 1.04. The van der Waals surface area contributed by atoms with Crippen molar-refractivity contribution in [2.75, 3.05) is 0 Å². The number of benzene rings is 1. The number of carboxylic acids is 1. The number of halogens is 2. The van der Waals surface area contributed by atoms with Crippen molar-refractivity contribution in [3.8, 4) is 5.75 Å². The van der Waals surface area contributed by atoms with Crippen LogP contribution in [0.4, 0.5) is 8.78 Å². The maximum absolute atomic E-state index is 13.2. The van der Waals surface area contributed by atoms with Gasteiger partial charge in [0.2, 0.25) is 0 Å². The molecule has 0 heterocycles. The van der Waals surface area contributed by atoms with Gasteiger partial charge in [0.15, 0.2) is 11.6 Å². The summed E-state index contributed by atoms with van der Waals surface area (Å²) in [5, 5.41) is 8.52. The van der Waals surface area contributed by atoms with Crippen LogP contribution in [-0.4, -0.2) is 17.2 Å². The fraction of sp³-hybridized carbons (Fsp3) is 0.300. The topological polar surface area (TPSA) is 46.5 Å². The highest BCUT2D eigenvalue weighted by molar-refractivity contribution is 5.88. The van der Waals surface area contributed by atoms with Crippen LogP contribution in [0, 0.1) is 11.6 Å². The van der Waals surface area contributed by atoms with E-state index in [4.69, 9.17) is 9.84 Å². The molecule has 0 aliphatic carbocycles. The number of aromatic carboxylic acids is 1. The first-order chi connectivity index (χ1) is 6.91. The molecule has 82 valence electrons. The average molecular weight is 216 g/mol. The molecule has 1 N–H and O–H groups in total. The van der Waals surface area contributed by atoms with Gasteiger partial charge in [0.25, 0.3) is 0 Å². The van der Waals surface area contributed by atoms with Gasteiger partial charge < -0.3 is 9.84 Å². The highest BCUT2D eigenvalue weighted by Gasteiger charge is 2.16. The van der Waals surface area contributed by atoms with Gasteiger partial charge in [-0.25, -0.2) is 13.6 Å². The lowest BCUT2D eigenvalue weighted by Gasteiger charge is -2.11. The van der Waals surface area contributed by atoms with E-state index >= 15 is 0 Å².